The quantitative estimate of drug-likeness (QED) is 0.837. The lowest BCUT2D eigenvalue weighted by atomic mass is 9.98. The first-order valence-electron chi connectivity index (χ1n) is 5.33. The van der Waals surface area contributed by atoms with E-state index in [0.717, 1.165) is 11.3 Å². The van der Waals surface area contributed by atoms with E-state index < -0.39 is 0 Å². The molecule has 0 aliphatic heterocycles. The molecule has 0 bridgehead atoms. The number of aromatic nitrogens is 1. The second-order valence-electron chi connectivity index (χ2n) is 4.05. The third-order valence-electron chi connectivity index (χ3n) is 2.64. The molecule has 3 nitrogen and oxygen atoms in total. The van der Waals surface area contributed by atoms with Crippen LogP contribution in [0.4, 0.5) is 6.01 Å². The Morgan fingerprint density at radius 2 is 1.75 bits per heavy atom. The number of anilines is 1. The average molecular weight is 216 g/mol. The second kappa shape index (κ2) is 4.00. The van der Waals surface area contributed by atoms with Crippen LogP contribution in [0, 0.1) is 20.8 Å². The van der Waals surface area contributed by atoms with Crippen molar-refractivity contribution in [2.24, 2.45) is 0 Å². The maximum absolute atomic E-state index is 5.60. The van der Waals surface area contributed by atoms with Gasteiger partial charge in [-0.05, 0) is 31.9 Å². The van der Waals surface area contributed by atoms with Gasteiger partial charge in [0.25, 0.3) is 6.01 Å². The summed E-state index contributed by atoms with van der Waals surface area (Å²) < 4.78 is 5.60. The summed E-state index contributed by atoms with van der Waals surface area (Å²) in [6.45, 7) is 6.29. The molecule has 2 aromatic rings. The first-order chi connectivity index (χ1) is 7.61. The molecule has 3 heteroatoms. The van der Waals surface area contributed by atoms with Crippen LogP contribution >= 0.6 is 0 Å². The van der Waals surface area contributed by atoms with Gasteiger partial charge in [-0.2, -0.15) is 0 Å². The van der Waals surface area contributed by atoms with Gasteiger partial charge in [0.05, 0.1) is 6.20 Å². The summed E-state index contributed by atoms with van der Waals surface area (Å²) >= 11 is 0. The van der Waals surface area contributed by atoms with Crippen LogP contribution in [0.1, 0.15) is 16.7 Å². The lowest BCUT2D eigenvalue weighted by Gasteiger charge is -2.08. The Labute approximate surface area is 95.5 Å². The Kier molecular flexibility index (Phi) is 2.69. The summed E-state index contributed by atoms with van der Waals surface area (Å²) in [5.41, 5.74) is 4.85. The molecule has 0 unspecified atom stereocenters. The SMILES string of the molecule is CNc1ncc(-c2c(C)cc(C)cc2C)o1. The summed E-state index contributed by atoms with van der Waals surface area (Å²) in [4.78, 5) is 4.14. The van der Waals surface area contributed by atoms with Crippen molar-refractivity contribution in [3.05, 3.63) is 35.0 Å². The number of oxazole rings is 1. The van der Waals surface area contributed by atoms with Crippen LogP contribution in [-0.4, -0.2) is 12.0 Å². The van der Waals surface area contributed by atoms with E-state index in [-0.39, 0.29) is 0 Å². The molecule has 0 saturated heterocycles. The highest BCUT2D eigenvalue weighted by molar-refractivity contribution is 5.66. The number of nitrogens with one attached hydrogen (secondary N) is 1. The van der Waals surface area contributed by atoms with E-state index in [2.05, 4.69) is 43.2 Å². The molecule has 1 heterocycles. The van der Waals surface area contributed by atoms with Crippen molar-refractivity contribution in [2.75, 3.05) is 12.4 Å². The van der Waals surface area contributed by atoms with Crippen molar-refractivity contribution >= 4 is 6.01 Å². The largest absolute Gasteiger partial charge is 0.424 e. The van der Waals surface area contributed by atoms with Crippen LogP contribution in [-0.2, 0) is 0 Å². The number of benzene rings is 1. The van der Waals surface area contributed by atoms with E-state index in [1.807, 2.05) is 0 Å². The maximum atomic E-state index is 5.60. The lowest BCUT2D eigenvalue weighted by molar-refractivity contribution is 0.589. The van der Waals surface area contributed by atoms with Crippen molar-refractivity contribution in [3.8, 4) is 11.3 Å². The number of hydrogen-bond acceptors (Lipinski definition) is 3. The van der Waals surface area contributed by atoms with Gasteiger partial charge < -0.3 is 9.73 Å². The molecule has 1 N–H and O–H groups in total. The van der Waals surface area contributed by atoms with Crippen molar-refractivity contribution < 1.29 is 4.42 Å². The number of rotatable bonds is 2. The van der Waals surface area contributed by atoms with Crippen LogP contribution in [0.3, 0.4) is 0 Å². The first-order valence-corrected chi connectivity index (χ1v) is 5.33. The van der Waals surface area contributed by atoms with Crippen LogP contribution < -0.4 is 5.32 Å². The molecule has 0 aliphatic carbocycles. The van der Waals surface area contributed by atoms with Crippen molar-refractivity contribution in [3.63, 3.8) is 0 Å². The zero-order valence-electron chi connectivity index (χ0n) is 10.1. The third kappa shape index (κ3) is 1.81. The fraction of sp³-hybridized carbons (Fsp3) is 0.308. The molecular weight excluding hydrogens is 200 g/mol. The van der Waals surface area contributed by atoms with E-state index >= 15 is 0 Å². The van der Waals surface area contributed by atoms with Crippen LogP contribution in [0.25, 0.3) is 11.3 Å². The Bertz CT molecular complexity index is 491. The zero-order valence-corrected chi connectivity index (χ0v) is 10.1. The molecule has 0 atom stereocenters. The Balaban J connectivity index is 2.55. The Morgan fingerprint density at radius 1 is 1.12 bits per heavy atom. The van der Waals surface area contributed by atoms with Gasteiger partial charge in [0, 0.05) is 12.6 Å². The van der Waals surface area contributed by atoms with Gasteiger partial charge >= 0.3 is 0 Å². The molecule has 0 spiro atoms. The average Bonchev–Trinajstić information content (AvgIpc) is 2.64. The van der Waals surface area contributed by atoms with Gasteiger partial charge in [0.2, 0.25) is 0 Å². The monoisotopic (exact) mass is 216 g/mol. The molecule has 16 heavy (non-hydrogen) atoms. The van der Waals surface area contributed by atoms with Crippen LogP contribution in [0.15, 0.2) is 22.7 Å². The second-order valence-corrected chi connectivity index (χ2v) is 4.05. The minimum absolute atomic E-state index is 0.550. The smallest absolute Gasteiger partial charge is 0.294 e. The summed E-state index contributed by atoms with van der Waals surface area (Å²) in [6.07, 6.45) is 1.76. The van der Waals surface area contributed by atoms with Gasteiger partial charge in [-0.15, -0.1) is 0 Å². The molecule has 1 aromatic heterocycles. The highest BCUT2D eigenvalue weighted by Crippen LogP contribution is 2.29. The van der Waals surface area contributed by atoms with E-state index in [4.69, 9.17) is 4.42 Å². The summed E-state index contributed by atoms with van der Waals surface area (Å²) in [6, 6.07) is 4.86. The third-order valence-corrected chi connectivity index (χ3v) is 2.64. The van der Waals surface area contributed by atoms with Gasteiger partial charge in [0.15, 0.2) is 5.76 Å². The van der Waals surface area contributed by atoms with Gasteiger partial charge in [0.1, 0.15) is 0 Å². The van der Waals surface area contributed by atoms with Crippen molar-refractivity contribution in [2.45, 2.75) is 20.8 Å². The van der Waals surface area contributed by atoms with Crippen LogP contribution in [0.2, 0.25) is 0 Å². The molecule has 0 aliphatic rings. The molecule has 1 aromatic carbocycles. The highest BCUT2D eigenvalue weighted by Gasteiger charge is 2.11. The predicted octanol–water partition coefficient (Wildman–Crippen LogP) is 3.31. The van der Waals surface area contributed by atoms with E-state index in [9.17, 15) is 0 Å². The van der Waals surface area contributed by atoms with E-state index in [1.54, 1.807) is 13.2 Å². The normalized spacial score (nSPS) is 10.5. The number of aryl methyl sites for hydroxylation is 3. The molecule has 0 saturated carbocycles. The maximum Gasteiger partial charge on any atom is 0.294 e. The standard InChI is InChI=1S/C13H16N2O/c1-8-5-9(2)12(10(3)6-8)11-7-15-13(14-4)16-11/h5-7H,1-4H3,(H,14,15). The van der Waals surface area contributed by atoms with Crippen molar-refractivity contribution in [1.29, 1.82) is 0 Å². The minimum atomic E-state index is 0.550. The van der Waals surface area contributed by atoms with Gasteiger partial charge in [-0.25, -0.2) is 4.98 Å². The van der Waals surface area contributed by atoms with Crippen LogP contribution in [0.5, 0.6) is 0 Å². The van der Waals surface area contributed by atoms with Gasteiger partial charge in [-0.1, -0.05) is 17.7 Å². The Hall–Kier alpha value is -1.77. The fourth-order valence-electron chi connectivity index (χ4n) is 2.07. The number of nitrogens with zero attached hydrogens (tertiary/aromatic N) is 1. The summed E-state index contributed by atoms with van der Waals surface area (Å²) in [7, 11) is 1.80. The highest BCUT2D eigenvalue weighted by atomic mass is 16.4. The van der Waals surface area contributed by atoms with E-state index in [1.165, 1.54) is 16.7 Å². The summed E-state index contributed by atoms with van der Waals surface area (Å²) in [5.74, 6) is 0.819. The Morgan fingerprint density at radius 3 is 2.25 bits per heavy atom. The molecule has 84 valence electrons. The topological polar surface area (TPSA) is 38.1 Å². The fourth-order valence-corrected chi connectivity index (χ4v) is 2.07. The van der Waals surface area contributed by atoms with E-state index in [0.29, 0.717) is 6.01 Å². The molecule has 0 radical (unpaired) electrons. The first kappa shape index (κ1) is 10.7. The molecule has 2 rings (SSSR count). The predicted molar refractivity (Wildman–Crippen MR) is 65.7 cm³/mol. The van der Waals surface area contributed by atoms with Crippen molar-refractivity contribution in [1.82, 2.24) is 4.98 Å². The number of hydrogen-bond donors (Lipinski definition) is 1. The lowest BCUT2D eigenvalue weighted by Crippen LogP contribution is -1.88. The molecule has 0 amide bonds. The van der Waals surface area contributed by atoms with Gasteiger partial charge in [-0.3, -0.25) is 0 Å². The molecular formula is C13H16N2O. The molecule has 0 fully saturated rings. The minimum Gasteiger partial charge on any atom is -0.424 e. The zero-order chi connectivity index (χ0) is 11.7. The summed E-state index contributed by atoms with van der Waals surface area (Å²) in [5, 5.41) is 2.89.